The minimum atomic E-state index is -0.201. The molecule has 1 aliphatic rings. The van der Waals surface area contributed by atoms with Crippen molar-refractivity contribution in [3.05, 3.63) is 87.4 Å². The van der Waals surface area contributed by atoms with E-state index in [0.717, 1.165) is 15.8 Å². The highest BCUT2D eigenvalue weighted by molar-refractivity contribution is 9.10. The number of amides is 2. The fourth-order valence-electron chi connectivity index (χ4n) is 3.89. The van der Waals surface area contributed by atoms with Crippen LogP contribution < -0.4 is 15.0 Å². The predicted molar refractivity (Wildman–Crippen MR) is 139 cm³/mol. The molecule has 1 heterocycles. The van der Waals surface area contributed by atoms with Gasteiger partial charge in [0, 0.05) is 42.3 Å². The molecule has 0 bridgehead atoms. The highest BCUT2D eigenvalue weighted by Gasteiger charge is 2.24. The first-order chi connectivity index (χ1) is 16.5. The number of hydrogen-bond donors (Lipinski definition) is 1. The molecule has 1 fully saturated rings. The highest BCUT2D eigenvalue weighted by Crippen LogP contribution is 2.29. The lowest BCUT2D eigenvalue weighted by Crippen LogP contribution is -2.49. The Hall–Kier alpha value is -3.03. The van der Waals surface area contributed by atoms with Crippen molar-refractivity contribution in [1.82, 2.24) is 4.90 Å². The maximum Gasteiger partial charge on any atom is 0.255 e. The van der Waals surface area contributed by atoms with Gasteiger partial charge in [-0.3, -0.25) is 9.59 Å². The summed E-state index contributed by atoms with van der Waals surface area (Å²) < 4.78 is 6.26. The van der Waals surface area contributed by atoms with Gasteiger partial charge in [-0.25, -0.2) is 0 Å². The molecule has 0 aliphatic carbocycles. The van der Waals surface area contributed by atoms with E-state index in [0.29, 0.717) is 54.7 Å². The second kappa shape index (κ2) is 10.9. The molecule has 0 aromatic heterocycles. The van der Waals surface area contributed by atoms with E-state index in [1.54, 1.807) is 42.5 Å². The Kier molecular flexibility index (Phi) is 7.75. The summed E-state index contributed by atoms with van der Waals surface area (Å²) in [6.07, 6.45) is 0. The van der Waals surface area contributed by atoms with E-state index in [2.05, 4.69) is 26.1 Å². The van der Waals surface area contributed by atoms with Crippen molar-refractivity contribution in [3.63, 3.8) is 0 Å². The van der Waals surface area contributed by atoms with E-state index in [1.165, 1.54) is 0 Å². The van der Waals surface area contributed by atoms with E-state index in [1.807, 2.05) is 36.1 Å². The number of benzene rings is 3. The zero-order chi connectivity index (χ0) is 24.1. The predicted octanol–water partition coefficient (Wildman–Crippen LogP) is 5.72. The van der Waals surface area contributed by atoms with E-state index >= 15 is 0 Å². The first kappa shape index (κ1) is 24.1. The lowest BCUT2D eigenvalue weighted by atomic mass is 10.1. The summed E-state index contributed by atoms with van der Waals surface area (Å²) in [7, 11) is 0. The molecule has 0 spiro atoms. The van der Waals surface area contributed by atoms with Crippen molar-refractivity contribution in [2.75, 3.05) is 43.0 Å². The monoisotopic (exact) mass is 541 g/mol. The third-order valence-electron chi connectivity index (χ3n) is 5.64. The molecule has 3 aromatic carbocycles. The number of nitrogens with zero attached hydrogens (tertiary/aromatic N) is 2. The molecule has 34 heavy (non-hydrogen) atoms. The van der Waals surface area contributed by atoms with Crippen LogP contribution in [0.15, 0.2) is 71.2 Å². The molecule has 1 aliphatic heterocycles. The topological polar surface area (TPSA) is 61.9 Å². The van der Waals surface area contributed by atoms with E-state index < -0.39 is 0 Å². The van der Waals surface area contributed by atoms with Crippen molar-refractivity contribution in [2.24, 2.45) is 0 Å². The zero-order valence-electron chi connectivity index (χ0n) is 18.8. The third-order valence-corrected chi connectivity index (χ3v) is 6.52. The van der Waals surface area contributed by atoms with Crippen LogP contribution in [-0.2, 0) is 0 Å². The Labute approximate surface area is 212 Å². The first-order valence-corrected chi connectivity index (χ1v) is 12.3. The number of ether oxygens (including phenoxy) is 1. The summed E-state index contributed by atoms with van der Waals surface area (Å²) in [5.41, 5.74) is 2.82. The molecule has 0 atom stereocenters. The van der Waals surface area contributed by atoms with Crippen LogP contribution in [0.25, 0.3) is 0 Å². The smallest absolute Gasteiger partial charge is 0.255 e. The third kappa shape index (κ3) is 5.54. The van der Waals surface area contributed by atoms with Crippen LogP contribution in [0.2, 0.25) is 5.02 Å². The number of piperazine rings is 1. The summed E-state index contributed by atoms with van der Waals surface area (Å²) in [6.45, 7) is 4.99. The lowest BCUT2D eigenvalue weighted by Gasteiger charge is -2.37. The lowest BCUT2D eigenvalue weighted by molar-refractivity contribution is 0.0746. The molecule has 0 unspecified atom stereocenters. The number of anilines is 2. The number of para-hydroxylation sites is 2. The number of carbonyl (C=O) groups is 2. The van der Waals surface area contributed by atoms with Gasteiger partial charge in [0.2, 0.25) is 0 Å². The van der Waals surface area contributed by atoms with Crippen LogP contribution in [0.1, 0.15) is 27.6 Å². The van der Waals surface area contributed by atoms with E-state index in [4.69, 9.17) is 16.3 Å². The van der Waals surface area contributed by atoms with Crippen LogP contribution in [-0.4, -0.2) is 49.5 Å². The number of halogens is 2. The summed E-state index contributed by atoms with van der Waals surface area (Å²) in [5, 5.41) is 3.64. The highest BCUT2D eigenvalue weighted by atomic mass is 79.9. The van der Waals surface area contributed by atoms with Crippen LogP contribution in [0.4, 0.5) is 11.4 Å². The summed E-state index contributed by atoms with van der Waals surface area (Å²) in [4.78, 5) is 29.8. The SMILES string of the molecule is CCOc1ccc(C(=O)Nc2ccccc2N2CCN(C(=O)c3ccc(Cl)cc3)CC2)cc1Br. The summed E-state index contributed by atoms with van der Waals surface area (Å²) in [6, 6.07) is 20.0. The molecule has 8 heteroatoms. The molecule has 3 aromatic rings. The van der Waals surface area contributed by atoms with Crippen LogP contribution in [0.3, 0.4) is 0 Å². The summed E-state index contributed by atoms with van der Waals surface area (Å²) >= 11 is 9.40. The van der Waals surface area contributed by atoms with Crippen molar-refractivity contribution >= 4 is 50.7 Å². The van der Waals surface area contributed by atoms with Crippen LogP contribution in [0, 0.1) is 0 Å². The van der Waals surface area contributed by atoms with E-state index in [-0.39, 0.29) is 11.8 Å². The summed E-state index contributed by atoms with van der Waals surface area (Å²) in [5.74, 6) is 0.497. The molecule has 0 saturated carbocycles. The quantitative estimate of drug-likeness (QED) is 0.433. The van der Waals surface area contributed by atoms with Gasteiger partial charge in [0.25, 0.3) is 11.8 Å². The molecule has 6 nitrogen and oxygen atoms in total. The Balaban J connectivity index is 1.43. The average molecular weight is 543 g/mol. The van der Waals surface area contributed by atoms with Gasteiger partial charge < -0.3 is 19.9 Å². The van der Waals surface area contributed by atoms with Gasteiger partial charge in [-0.2, -0.15) is 0 Å². The van der Waals surface area contributed by atoms with E-state index in [9.17, 15) is 9.59 Å². The minimum Gasteiger partial charge on any atom is -0.493 e. The molecule has 0 radical (unpaired) electrons. The molecule has 176 valence electrons. The van der Waals surface area contributed by atoms with Crippen molar-refractivity contribution in [3.8, 4) is 5.75 Å². The maximum absolute atomic E-state index is 12.9. The fraction of sp³-hybridized carbons (Fsp3) is 0.231. The average Bonchev–Trinajstić information content (AvgIpc) is 2.86. The molecule has 2 amide bonds. The first-order valence-electron chi connectivity index (χ1n) is 11.1. The number of carbonyl (C=O) groups excluding carboxylic acids is 2. The van der Waals surface area contributed by atoms with Crippen molar-refractivity contribution in [2.45, 2.75) is 6.92 Å². The zero-order valence-corrected chi connectivity index (χ0v) is 21.1. The number of nitrogens with one attached hydrogen (secondary N) is 1. The molecule has 4 rings (SSSR count). The normalized spacial score (nSPS) is 13.5. The molecular formula is C26H25BrClN3O3. The van der Waals surface area contributed by atoms with Gasteiger partial charge in [0.05, 0.1) is 22.5 Å². The minimum absolute atomic E-state index is 0.000944. The Morgan fingerprint density at radius 1 is 0.971 bits per heavy atom. The van der Waals surface area contributed by atoms with Gasteiger partial charge in [0.15, 0.2) is 0 Å². The fourth-order valence-corrected chi connectivity index (χ4v) is 4.51. The Morgan fingerprint density at radius 3 is 2.32 bits per heavy atom. The van der Waals surface area contributed by atoms with Gasteiger partial charge in [-0.05, 0) is 77.5 Å². The molecule has 1 N–H and O–H groups in total. The maximum atomic E-state index is 12.9. The van der Waals surface area contributed by atoms with Crippen molar-refractivity contribution < 1.29 is 14.3 Å². The Morgan fingerprint density at radius 2 is 1.65 bits per heavy atom. The van der Waals surface area contributed by atoms with Crippen LogP contribution in [0.5, 0.6) is 5.75 Å². The number of rotatable bonds is 6. The van der Waals surface area contributed by atoms with Crippen molar-refractivity contribution in [1.29, 1.82) is 0 Å². The van der Waals surface area contributed by atoms with Crippen LogP contribution >= 0.6 is 27.5 Å². The second-order valence-electron chi connectivity index (χ2n) is 7.84. The second-order valence-corrected chi connectivity index (χ2v) is 9.13. The van der Waals surface area contributed by atoms with Gasteiger partial charge >= 0.3 is 0 Å². The Bertz CT molecular complexity index is 1180. The van der Waals surface area contributed by atoms with Gasteiger partial charge in [-0.15, -0.1) is 0 Å². The molecule has 1 saturated heterocycles. The number of hydrogen-bond acceptors (Lipinski definition) is 4. The van der Waals surface area contributed by atoms with Gasteiger partial charge in [-0.1, -0.05) is 23.7 Å². The standard InChI is InChI=1S/C26H25BrClN3O3/c1-2-34-24-12-9-19(17-21(24)27)25(32)29-22-5-3-4-6-23(22)30-13-15-31(16-14-30)26(33)18-7-10-20(28)11-8-18/h3-12,17H,2,13-16H2,1H3,(H,29,32). The van der Waals surface area contributed by atoms with Gasteiger partial charge in [0.1, 0.15) is 5.75 Å². The molecular weight excluding hydrogens is 518 g/mol. The largest absolute Gasteiger partial charge is 0.493 e.